The molecule has 2 aromatic rings. The standard InChI is InChI=1S/C23H31N3O2/c1-6-26(15-20-12-8-7-9-13-20)23(28)19(4)25(5)16-22(27)24-21-14-10-11-17(2)18(21)3/h7-14,19H,6,15-16H2,1-5H3,(H,24,27)/t19-/m0/s1. The van der Waals surface area contributed by atoms with Crippen molar-refractivity contribution in [1.29, 1.82) is 0 Å². The molecule has 0 bridgehead atoms. The number of nitrogens with zero attached hydrogens (tertiary/aromatic N) is 2. The molecule has 1 atom stereocenters. The van der Waals surface area contributed by atoms with Crippen LogP contribution < -0.4 is 5.32 Å². The average Bonchev–Trinajstić information content (AvgIpc) is 2.69. The van der Waals surface area contributed by atoms with Crippen molar-refractivity contribution in [2.75, 3.05) is 25.5 Å². The van der Waals surface area contributed by atoms with E-state index >= 15 is 0 Å². The number of carbonyl (C=O) groups excluding carboxylic acids is 2. The van der Waals surface area contributed by atoms with E-state index in [-0.39, 0.29) is 24.4 Å². The van der Waals surface area contributed by atoms with Gasteiger partial charge < -0.3 is 10.2 Å². The number of benzene rings is 2. The summed E-state index contributed by atoms with van der Waals surface area (Å²) in [6.07, 6.45) is 0. The van der Waals surface area contributed by atoms with Gasteiger partial charge in [0.1, 0.15) is 0 Å². The summed E-state index contributed by atoms with van der Waals surface area (Å²) in [6, 6.07) is 15.4. The van der Waals surface area contributed by atoms with Gasteiger partial charge in [0.25, 0.3) is 0 Å². The highest BCUT2D eigenvalue weighted by molar-refractivity contribution is 5.93. The van der Waals surface area contributed by atoms with Crippen LogP contribution in [0.25, 0.3) is 0 Å². The van der Waals surface area contributed by atoms with Crippen LogP contribution in [0.15, 0.2) is 48.5 Å². The molecule has 0 fully saturated rings. The Kier molecular flexibility index (Phi) is 7.76. The lowest BCUT2D eigenvalue weighted by Gasteiger charge is -2.29. The zero-order valence-electron chi connectivity index (χ0n) is 17.5. The Morgan fingerprint density at radius 2 is 1.71 bits per heavy atom. The summed E-state index contributed by atoms with van der Waals surface area (Å²) in [4.78, 5) is 29.0. The summed E-state index contributed by atoms with van der Waals surface area (Å²) < 4.78 is 0. The molecule has 0 heterocycles. The number of rotatable bonds is 8. The molecule has 0 aliphatic heterocycles. The van der Waals surface area contributed by atoms with E-state index in [0.717, 1.165) is 22.4 Å². The summed E-state index contributed by atoms with van der Waals surface area (Å²) in [5.74, 6) is -0.102. The molecule has 0 aliphatic carbocycles. The van der Waals surface area contributed by atoms with Gasteiger partial charge in [-0.25, -0.2) is 0 Å². The van der Waals surface area contributed by atoms with Crippen LogP contribution in [-0.4, -0.2) is 47.8 Å². The molecule has 2 amide bonds. The normalized spacial score (nSPS) is 11.9. The second kappa shape index (κ2) is 10.0. The summed E-state index contributed by atoms with van der Waals surface area (Å²) in [5.41, 5.74) is 4.11. The molecule has 150 valence electrons. The first kappa shape index (κ1) is 21.6. The molecular weight excluding hydrogens is 350 g/mol. The summed E-state index contributed by atoms with van der Waals surface area (Å²) >= 11 is 0. The van der Waals surface area contributed by atoms with Gasteiger partial charge in [0.15, 0.2) is 0 Å². The van der Waals surface area contributed by atoms with Crippen molar-refractivity contribution in [2.45, 2.75) is 40.3 Å². The number of nitrogens with one attached hydrogen (secondary N) is 1. The molecule has 1 N–H and O–H groups in total. The van der Waals surface area contributed by atoms with Gasteiger partial charge >= 0.3 is 0 Å². The van der Waals surface area contributed by atoms with E-state index in [1.54, 1.807) is 4.90 Å². The van der Waals surface area contributed by atoms with Crippen molar-refractivity contribution in [2.24, 2.45) is 0 Å². The van der Waals surface area contributed by atoms with E-state index in [1.807, 2.05) is 88.2 Å². The van der Waals surface area contributed by atoms with Crippen LogP contribution in [0, 0.1) is 13.8 Å². The highest BCUT2D eigenvalue weighted by Gasteiger charge is 2.24. The first-order valence-corrected chi connectivity index (χ1v) is 9.72. The average molecular weight is 382 g/mol. The molecule has 0 saturated carbocycles. The quantitative estimate of drug-likeness (QED) is 0.760. The Labute approximate surface area is 168 Å². The topological polar surface area (TPSA) is 52.7 Å². The highest BCUT2D eigenvalue weighted by Crippen LogP contribution is 2.18. The number of likely N-dealkylation sites (N-methyl/N-ethyl adjacent to an activating group) is 2. The van der Waals surface area contributed by atoms with Crippen molar-refractivity contribution in [3.63, 3.8) is 0 Å². The van der Waals surface area contributed by atoms with E-state index < -0.39 is 0 Å². The Hall–Kier alpha value is -2.66. The lowest BCUT2D eigenvalue weighted by atomic mass is 10.1. The van der Waals surface area contributed by atoms with Crippen LogP contribution in [0.2, 0.25) is 0 Å². The monoisotopic (exact) mass is 381 g/mol. The Bertz CT molecular complexity index is 805. The van der Waals surface area contributed by atoms with Crippen LogP contribution in [0.3, 0.4) is 0 Å². The molecule has 5 heteroatoms. The van der Waals surface area contributed by atoms with E-state index in [4.69, 9.17) is 0 Å². The molecular formula is C23H31N3O2. The van der Waals surface area contributed by atoms with E-state index in [9.17, 15) is 9.59 Å². The van der Waals surface area contributed by atoms with Gasteiger partial charge in [0.05, 0.1) is 12.6 Å². The summed E-state index contributed by atoms with van der Waals surface area (Å²) in [7, 11) is 1.81. The number of amides is 2. The fourth-order valence-electron chi connectivity index (χ4n) is 3.04. The third-order valence-electron chi connectivity index (χ3n) is 5.20. The summed E-state index contributed by atoms with van der Waals surface area (Å²) in [6.45, 7) is 9.18. The molecule has 0 unspecified atom stereocenters. The number of hydrogen-bond acceptors (Lipinski definition) is 3. The number of aryl methyl sites for hydroxylation is 1. The predicted octanol–water partition coefficient (Wildman–Crippen LogP) is 3.61. The van der Waals surface area contributed by atoms with Crippen molar-refractivity contribution in [1.82, 2.24) is 9.80 Å². The lowest BCUT2D eigenvalue weighted by Crippen LogP contribution is -2.47. The second-order valence-electron chi connectivity index (χ2n) is 7.22. The fourth-order valence-corrected chi connectivity index (χ4v) is 3.04. The third kappa shape index (κ3) is 5.67. The van der Waals surface area contributed by atoms with E-state index in [1.165, 1.54) is 0 Å². The molecule has 0 radical (unpaired) electrons. The minimum Gasteiger partial charge on any atom is -0.337 e. The molecule has 5 nitrogen and oxygen atoms in total. The molecule has 2 aromatic carbocycles. The minimum atomic E-state index is -0.381. The number of carbonyl (C=O) groups is 2. The molecule has 0 spiro atoms. The Morgan fingerprint density at radius 1 is 1.04 bits per heavy atom. The van der Waals surface area contributed by atoms with Gasteiger partial charge in [-0.15, -0.1) is 0 Å². The molecule has 28 heavy (non-hydrogen) atoms. The number of anilines is 1. The Balaban J connectivity index is 1.96. The maximum atomic E-state index is 12.9. The van der Waals surface area contributed by atoms with Gasteiger partial charge in [0.2, 0.25) is 11.8 Å². The number of hydrogen-bond donors (Lipinski definition) is 1. The first-order valence-electron chi connectivity index (χ1n) is 9.72. The lowest BCUT2D eigenvalue weighted by molar-refractivity contribution is -0.136. The smallest absolute Gasteiger partial charge is 0.239 e. The molecule has 0 saturated heterocycles. The van der Waals surface area contributed by atoms with Crippen LogP contribution in [0.4, 0.5) is 5.69 Å². The predicted molar refractivity (Wildman–Crippen MR) is 114 cm³/mol. The third-order valence-corrected chi connectivity index (χ3v) is 5.20. The highest BCUT2D eigenvalue weighted by atomic mass is 16.2. The van der Waals surface area contributed by atoms with E-state index in [0.29, 0.717) is 13.1 Å². The zero-order valence-corrected chi connectivity index (χ0v) is 17.5. The van der Waals surface area contributed by atoms with Gasteiger partial charge in [-0.3, -0.25) is 14.5 Å². The van der Waals surface area contributed by atoms with Crippen molar-refractivity contribution in [3.8, 4) is 0 Å². The van der Waals surface area contributed by atoms with Crippen LogP contribution in [0.1, 0.15) is 30.5 Å². The van der Waals surface area contributed by atoms with Crippen molar-refractivity contribution < 1.29 is 9.59 Å². The van der Waals surface area contributed by atoms with Crippen molar-refractivity contribution in [3.05, 3.63) is 65.2 Å². The van der Waals surface area contributed by atoms with Gasteiger partial charge in [-0.2, -0.15) is 0 Å². The van der Waals surface area contributed by atoms with Crippen molar-refractivity contribution >= 4 is 17.5 Å². The SMILES string of the molecule is CCN(Cc1ccccc1)C(=O)[C@H](C)N(C)CC(=O)Nc1cccc(C)c1C. The molecule has 0 aliphatic rings. The van der Waals surface area contributed by atoms with Gasteiger partial charge in [-0.05, 0) is 57.5 Å². The first-order chi connectivity index (χ1) is 13.3. The largest absolute Gasteiger partial charge is 0.337 e. The Morgan fingerprint density at radius 3 is 2.36 bits per heavy atom. The maximum absolute atomic E-state index is 12.9. The molecule has 2 rings (SSSR count). The second-order valence-corrected chi connectivity index (χ2v) is 7.22. The van der Waals surface area contributed by atoms with Crippen LogP contribution >= 0.6 is 0 Å². The van der Waals surface area contributed by atoms with Crippen LogP contribution in [-0.2, 0) is 16.1 Å². The summed E-state index contributed by atoms with van der Waals surface area (Å²) in [5, 5.41) is 2.95. The molecule has 0 aromatic heterocycles. The van der Waals surface area contributed by atoms with Gasteiger partial charge in [-0.1, -0.05) is 42.5 Å². The minimum absolute atomic E-state index is 0.0217. The maximum Gasteiger partial charge on any atom is 0.239 e. The van der Waals surface area contributed by atoms with Gasteiger partial charge in [0, 0.05) is 18.8 Å². The zero-order chi connectivity index (χ0) is 20.7. The van der Waals surface area contributed by atoms with E-state index in [2.05, 4.69) is 5.32 Å². The van der Waals surface area contributed by atoms with Crippen LogP contribution in [0.5, 0.6) is 0 Å². The fraction of sp³-hybridized carbons (Fsp3) is 0.391.